The van der Waals surface area contributed by atoms with Crippen LogP contribution in [0, 0.1) is 0 Å². The van der Waals surface area contributed by atoms with Crippen LogP contribution in [0.15, 0.2) is 0 Å². The summed E-state index contributed by atoms with van der Waals surface area (Å²) in [5.74, 6) is 0. The summed E-state index contributed by atoms with van der Waals surface area (Å²) in [6, 6.07) is 0. The van der Waals surface area contributed by atoms with Gasteiger partial charge in [-0.1, -0.05) is 6.92 Å². The minimum Gasteiger partial charge on any atom is -0.352 e. The first-order valence-corrected chi connectivity index (χ1v) is 8.47. The van der Waals surface area contributed by atoms with Crippen molar-refractivity contribution >= 4 is 16.1 Å². The van der Waals surface area contributed by atoms with Crippen LogP contribution in [-0.2, 0) is 18.4 Å². The lowest BCUT2D eigenvalue weighted by Crippen LogP contribution is -2.29. The zero-order valence-electron chi connectivity index (χ0n) is 11.2. The Morgan fingerprint density at radius 1 is 1.50 bits per heavy atom. The molecule has 0 amide bonds. The van der Waals surface area contributed by atoms with Gasteiger partial charge in [-0.25, -0.2) is 0 Å². The van der Waals surface area contributed by atoms with E-state index in [1.807, 2.05) is 6.92 Å². The predicted molar refractivity (Wildman–Crippen MR) is 70.9 cm³/mol. The second-order valence-corrected chi connectivity index (χ2v) is 7.24. The molecule has 0 aliphatic carbocycles. The number of nitrogens with two attached hydrogens (primary N) is 1. The van der Waals surface area contributed by atoms with Crippen LogP contribution in [0.25, 0.3) is 0 Å². The van der Waals surface area contributed by atoms with Crippen LogP contribution < -0.4 is 5.73 Å². The molecule has 0 spiro atoms. The molecule has 6 nitrogen and oxygen atoms in total. The van der Waals surface area contributed by atoms with Crippen molar-refractivity contribution in [2.24, 2.45) is 5.73 Å². The minimum atomic E-state index is -4.16. The Labute approximate surface area is 110 Å². The number of ether oxygens (including phenoxy) is 1. The molecule has 0 saturated heterocycles. The van der Waals surface area contributed by atoms with Crippen LogP contribution in [0.4, 0.5) is 0 Å². The molecule has 0 aromatic rings. The van der Waals surface area contributed by atoms with E-state index in [4.69, 9.17) is 15.0 Å². The highest BCUT2D eigenvalue weighted by molar-refractivity contribution is 7.63. The molecule has 0 saturated carbocycles. The second-order valence-electron chi connectivity index (χ2n) is 4.00. The fraction of sp³-hybridized carbons (Fsp3) is 1.00. The van der Waals surface area contributed by atoms with Crippen molar-refractivity contribution in [1.82, 2.24) is 0 Å². The third kappa shape index (κ3) is 4.69. The molecule has 3 N–H and O–H groups in total. The van der Waals surface area contributed by atoms with Crippen molar-refractivity contribution in [2.75, 3.05) is 13.2 Å². The largest absolute Gasteiger partial charge is 0.371 e. The van der Waals surface area contributed by atoms with Crippen molar-refractivity contribution < 1.29 is 23.3 Å². The smallest absolute Gasteiger partial charge is 0.352 e. The van der Waals surface area contributed by atoms with E-state index in [9.17, 15) is 14.0 Å². The zero-order chi connectivity index (χ0) is 14.2. The topological polar surface area (TPSA) is 98.9 Å². The first-order chi connectivity index (χ1) is 8.39. The van der Waals surface area contributed by atoms with Crippen LogP contribution in [0.3, 0.4) is 0 Å². The van der Waals surface area contributed by atoms with E-state index in [1.54, 1.807) is 13.8 Å². The summed E-state index contributed by atoms with van der Waals surface area (Å²) in [5.41, 5.74) is 5.38. The van der Waals surface area contributed by atoms with E-state index in [1.165, 1.54) is 0 Å². The van der Waals surface area contributed by atoms with Crippen molar-refractivity contribution in [3.05, 3.63) is 0 Å². The second kappa shape index (κ2) is 8.36. The number of hydrogen-bond donors (Lipinski definition) is 2. The van der Waals surface area contributed by atoms with E-state index in [0.29, 0.717) is 19.4 Å². The molecule has 3 atom stereocenters. The van der Waals surface area contributed by atoms with Gasteiger partial charge in [0.05, 0.1) is 6.10 Å². The van der Waals surface area contributed by atoms with Crippen LogP contribution >= 0.6 is 16.1 Å². The van der Waals surface area contributed by atoms with Crippen LogP contribution in [0.5, 0.6) is 0 Å². The maximum absolute atomic E-state index is 12.3. The molecular weight excluding hydrogens is 276 g/mol. The van der Waals surface area contributed by atoms with E-state index in [-0.39, 0.29) is 13.0 Å². The standard InChI is InChI=1S/C10H23NO5P2/c1-4-9(3)16-18(13,14)10(17-12,15-5-2)7-6-8-11/h9H,4-8,11H2,1-3H3,(H,13,14). The van der Waals surface area contributed by atoms with Gasteiger partial charge in [0.2, 0.25) is 13.5 Å². The lowest BCUT2D eigenvalue weighted by Gasteiger charge is -2.31. The summed E-state index contributed by atoms with van der Waals surface area (Å²) in [7, 11) is -4.71. The molecule has 18 heavy (non-hydrogen) atoms. The SMILES string of the molecule is CCOC(CCCN)(P=O)P(=O)(O)OC(C)CC. The Morgan fingerprint density at radius 3 is 2.50 bits per heavy atom. The van der Waals surface area contributed by atoms with E-state index in [0.717, 1.165) is 0 Å². The summed E-state index contributed by atoms with van der Waals surface area (Å²) in [6.07, 6.45) is 0.732. The van der Waals surface area contributed by atoms with Gasteiger partial charge in [0.1, 0.15) is 0 Å². The Balaban J connectivity index is 5.12. The van der Waals surface area contributed by atoms with E-state index < -0.39 is 27.2 Å². The molecule has 0 heterocycles. The van der Waals surface area contributed by atoms with E-state index >= 15 is 0 Å². The zero-order valence-corrected chi connectivity index (χ0v) is 13.0. The molecule has 0 aliphatic rings. The van der Waals surface area contributed by atoms with Crippen LogP contribution in [0.1, 0.15) is 40.0 Å². The Kier molecular flexibility index (Phi) is 8.44. The summed E-state index contributed by atoms with van der Waals surface area (Å²) in [6.45, 7) is 5.69. The van der Waals surface area contributed by atoms with Crippen molar-refractivity contribution in [3.8, 4) is 0 Å². The first-order valence-electron chi connectivity index (χ1n) is 6.09. The van der Waals surface area contributed by atoms with Crippen molar-refractivity contribution in [3.63, 3.8) is 0 Å². The highest BCUT2D eigenvalue weighted by Crippen LogP contribution is 2.64. The van der Waals surface area contributed by atoms with Gasteiger partial charge in [0.15, 0.2) is 0 Å². The molecule has 8 heteroatoms. The molecule has 108 valence electrons. The fourth-order valence-electron chi connectivity index (χ4n) is 1.38. The molecule has 0 rings (SSSR count). The first kappa shape index (κ1) is 18.2. The van der Waals surface area contributed by atoms with E-state index in [2.05, 4.69) is 0 Å². The minimum absolute atomic E-state index is 0.118. The highest BCUT2D eigenvalue weighted by Gasteiger charge is 2.51. The molecule has 0 aromatic carbocycles. The third-order valence-electron chi connectivity index (χ3n) is 2.56. The predicted octanol–water partition coefficient (Wildman–Crippen LogP) is 2.71. The fourth-order valence-corrected chi connectivity index (χ4v) is 3.90. The monoisotopic (exact) mass is 299 g/mol. The molecule has 3 unspecified atom stereocenters. The normalized spacial score (nSPS) is 20.3. The lowest BCUT2D eigenvalue weighted by molar-refractivity contribution is 0.0450. The van der Waals surface area contributed by atoms with Gasteiger partial charge in [-0.3, -0.25) is 9.13 Å². The van der Waals surface area contributed by atoms with Crippen LogP contribution in [0.2, 0.25) is 0 Å². The van der Waals surface area contributed by atoms with Gasteiger partial charge in [-0.05, 0) is 33.2 Å². The van der Waals surface area contributed by atoms with Gasteiger partial charge in [-0.2, -0.15) is 0 Å². The Morgan fingerprint density at radius 2 is 2.11 bits per heavy atom. The van der Waals surface area contributed by atoms with Crippen molar-refractivity contribution in [2.45, 2.75) is 51.2 Å². The summed E-state index contributed by atoms with van der Waals surface area (Å²) < 4.78 is 34.1. The molecule has 0 radical (unpaired) electrons. The highest BCUT2D eigenvalue weighted by atomic mass is 31.2. The number of rotatable bonds is 10. The molecule has 0 aliphatic heterocycles. The molecule has 0 bridgehead atoms. The van der Waals surface area contributed by atoms with Gasteiger partial charge in [0, 0.05) is 13.0 Å². The van der Waals surface area contributed by atoms with Gasteiger partial charge >= 0.3 is 7.60 Å². The average Bonchev–Trinajstić information content (AvgIpc) is 2.33. The van der Waals surface area contributed by atoms with Crippen LogP contribution in [-0.4, -0.2) is 29.2 Å². The summed E-state index contributed by atoms with van der Waals surface area (Å²) in [5, 5.41) is -1.70. The Bertz CT molecular complexity index is 302. The number of hydrogen-bond acceptors (Lipinski definition) is 5. The average molecular weight is 299 g/mol. The molecule has 0 fully saturated rings. The molecule has 0 aromatic heterocycles. The Hall–Kier alpha value is 0.170. The van der Waals surface area contributed by atoms with Gasteiger partial charge in [-0.15, -0.1) is 0 Å². The third-order valence-corrected chi connectivity index (χ3v) is 6.09. The summed E-state index contributed by atoms with van der Waals surface area (Å²) >= 11 is 0. The maximum Gasteiger partial charge on any atom is 0.371 e. The van der Waals surface area contributed by atoms with Gasteiger partial charge < -0.3 is 19.9 Å². The lowest BCUT2D eigenvalue weighted by atomic mass is 10.3. The molecular formula is C10H23NO5P2. The summed E-state index contributed by atoms with van der Waals surface area (Å²) in [4.78, 5) is 10.0. The quantitative estimate of drug-likeness (QED) is 0.602. The van der Waals surface area contributed by atoms with Gasteiger partial charge in [0.25, 0.3) is 0 Å². The van der Waals surface area contributed by atoms with Crippen molar-refractivity contribution in [1.29, 1.82) is 0 Å². The maximum atomic E-state index is 12.3.